The maximum Gasteiger partial charge on any atom is 0.0312 e. The number of thiophene rings is 1. The number of nitrogens with one attached hydrogen (secondary N) is 1. The van der Waals surface area contributed by atoms with Gasteiger partial charge in [0.1, 0.15) is 0 Å². The Hall–Kier alpha value is -1.23. The van der Waals surface area contributed by atoms with Crippen LogP contribution in [0.3, 0.4) is 0 Å². The van der Waals surface area contributed by atoms with E-state index in [4.69, 9.17) is 0 Å². The molecule has 2 rings (SSSR count). The molecule has 3 nitrogen and oxygen atoms in total. The molecule has 1 atom stereocenters. The fourth-order valence-electron chi connectivity index (χ4n) is 2.09. The van der Waals surface area contributed by atoms with Crippen LogP contribution in [0.4, 0.5) is 0 Å². The Labute approximate surface area is 125 Å². The second kappa shape index (κ2) is 8.15. The predicted octanol–water partition coefficient (Wildman–Crippen LogP) is 2.80. The molecule has 1 unspecified atom stereocenters. The first kappa shape index (κ1) is 15.2. The molecular formula is C16H23N3S. The molecular weight excluding hydrogens is 266 g/mol. The lowest BCUT2D eigenvalue weighted by Crippen LogP contribution is -2.36. The lowest BCUT2D eigenvalue weighted by atomic mass is 10.2. The molecule has 0 spiro atoms. The third-order valence-corrected chi connectivity index (χ3v) is 4.42. The molecule has 0 radical (unpaired) electrons. The van der Waals surface area contributed by atoms with Crippen LogP contribution in [0.25, 0.3) is 0 Å². The third-order valence-electron chi connectivity index (χ3n) is 3.52. The first-order valence-corrected chi connectivity index (χ1v) is 7.96. The number of nitrogens with zero attached hydrogens (tertiary/aromatic N) is 2. The van der Waals surface area contributed by atoms with Crippen molar-refractivity contribution in [2.24, 2.45) is 0 Å². The number of aromatic nitrogens is 1. The van der Waals surface area contributed by atoms with Gasteiger partial charge >= 0.3 is 0 Å². The Morgan fingerprint density at radius 2 is 2.25 bits per heavy atom. The first-order chi connectivity index (χ1) is 9.75. The van der Waals surface area contributed by atoms with Crippen LogP contribution < -0.4 is 5.32 Å². The van der Waals surface area contributed by atoms with E-state index in [-0.39, 0.29) is 0 Å². The third kappa shape index (κ3) is 5.04. The summed E-state index contributed by atoms with van der Waals surface area (Å²) >= 11 is 1.85. The summed E-state index contributed by atoms with van der Waals surface area (Å²) in [6.07, 6.45) is 4.86. The minimum Gasteiger partial charge on any atom is -0.311 e. The van der Waals surface area contributed by atoms with E-state index < -0.39 is 0 Å². The highest BCUT2D eigenvalue weighted by Crippen LogP contribution is 2.13. The lowest BCUT2D eigenvalue weighted by Gasteiger charge is -2.24. The van der Waals surface area contributed by atoms with Crippen LogP contribution in [0.15, 0.2) is 42.0 Å². The molecule has 108 valence electrons. The molecule has 0 aromatic carbocycles. The van der Waals surface area contributed by atoms with Crippen LogP contribution in [0, 0.1) is 0 Å². The standard InChI is InChI=1S/C16H23N3S/c1-14(11-16-6-4-10-20-16)19(2)9-8-18-13-15-5-3-7-17-12-15/h3-7,10,12,14,18H,8-9,11,13H2,1-2H3. The molecule has 2 aromatic heterocycles. The van der Waals surface area contributed by atoms with Crippen molar-refractivity contribution in [3.05, 3.63) is 52.5 Å². The monoisotopic (exact) mass is 289 g/mol. The van der Waals surface area contributed by atoms with Crippen molar-refractivity contribution >= 4 is 11.3 Å². The summed E-state index contributed by atoms with van der Waals surface area (Å²) in [5.41, 5.74) is 1.24. The van der Waals surface area contributed by atoms with Gasteiger partial charge in [-0.25, -0.2) is 0 Å². The molecule has 0 bridgehead atoms. The zero-order valence-corrected chi connectivity index (χ0v) is 13.1. The average Bonchev–Trinajstić information content (AvgIpc) is 2.97. The Kier molecular flexibility index (Phi) is 6.18. The van der Waals surface area contributed by atoms with E-state index in [1.165, 1.54) is 10.4 Å². The summed E-state index contributed by atoms with van der Waals surface area (Å²) in [6, 6.07) is 9.00. The van der Waals surface area contributed by atoms with Gasteiger partial charge in [0.2, 0.25) is 0 Å². The highest BCUT2D eigenvalue weighted by molar-refractivity contribution is 7.09. The van der Waals surface area contributed by atoms with Gasteiger partial charge in [-0.1, -0.05) is 12.1 Å². The van der Waals surface area contributed by atoms with Crippen LogP contribution in [-0.2, 0) is 13.0 Å². The summed E-state index contributed by atoms with van der Waals surface area (Å²) in [4.78, 5) is 8.00. The van der Waals surface area contributed by atoms with E-state index in [9.17, 15) is 0 Å². The van der Waals surface area contributed by atoms with Crippen LogP contribution in [0.2, 0.25) is 0 Å². The number of hydrogen-bond acceptors (Lipinski definition) is 4. The highest BCUT2D eigenvalue weighted by atomic mass is 32.1. The van der Waals surface area contributed by atoms with Gasteiger partial charge in [0.05, 0.1) is 0 Å². The van der Waals surface area contributed by atoms with E-state index in [2.05, 4.69) is 52.8 Å². The molecule has 0 amide bonds. The molecule has 2 aromatic rings. The molecule has 0 aliphatic rings. The van der Waals surface area contributed by atoms with E-state index in [1.54, 1.807) is 0 Å². The van der Waals surface area contributed by atoms with Crippen molar-refractivity contribution in [2.75, 3.05) is 20.1 Å². The van der Waals surface area contributed by atoms with Crippen LogP contribution >= 0.6 is 11.3 Å². The second-order valence-electron chi connectivity index (χ2n) is 5.15. The molecule has 0 aliphatic carbocycles. The Morgan fingerprint density at radius 1 is 1.35 bits per heavy atom. The van der Waals surface area contributed by atoms with E-state index >= 15 is 0 Å². The molecule has 4 heteroatoms. The van der Waals surface area contributed by atoms with Crippen molar-refractivity contribution < 1.29 is 0 Å². The fraction of sp³-hybridized carbons (Fsp3) is 0.438. The zero-order chi connectivity index (χ0) is 14.2. The van der Waals surface area contributed by atoms with Crippen LogP contribution in [0.1, 0.15) is 17.4 Å². The summed E-state index contributed by atoms with van der Waals surface area (Å²) in [5.74, 6) is 0. The van der Waals surface area contributed by atoms with Gasteiger partial charge < -0.3 is 10.2 Å². The molecule has 0 saturated heterocycles. The minimum absolute atomic E-state index is 0.578. The second-order valence-corrected chi connectivity index (χ2v) is 6.18. The Balaban J connectivity index is 1.63. The first-order valence-electron chi connectivity index (χ1n) is 7.08. The SMILES string of the molecule is CC(Cc1cccs1)N(C)CCNCc1cccnc1. The molecule has 0 fully saturated rings. The van der Waals surface area contributed by atoms with Crippen LogP contribution in [0.5, 0.6) is 0 Å². The maximum absolute atomic E-state index is 4.12. The van der Waals surface area contributed by atoms with E-state index in [0.29, 0.717) is 6.04 Å². The maximum atomic E-state index is 4.12. The van der Waals surface area contributed by atoms with Gasteiger partial charge in [-0.15, -0.1) is 11.3 Å². The number of hydrogen-bond donors (Lipinski definition) is 1. The lowest BCUT2D eigenvalue weighted by molar-refractivity contribution is 0.257. The van der Waals surface area contributed by atoms with Gasteiger partial charge in [-0.05, 0) is 43.5 Å². The zero-order valence-electron chi connectivity index (χ0n) is 12.2. The largest absolute Gasteiger partial charge is 0.311 e. The van der Waals surface area contributed by atoms with Crippen molar-refractivity contribution in [2.45, 2.75) is 25.9 Å². The predicted molar refractivity (Wildman–Crippen MR) is 86.1 cm³/mol. The summed E-state index contributed by atoms with van der Waals surface area (Å²) in [5, 5.41) is 5.62. The summed E-state index contributed by atoms with van der Waals surface area (Å²) in [7, 11) is 2.20. The van der Waals surface area contributed by atoms with Gasteiger partial charge in [0.25, 0.3) is 0 Å². The molecule has 1 N–H and O–H groups in total. The molecule has 0 aliphatic heterocycles. The van der Waals surface area contributed by atoms with Gasteiger partial charge in [-0.2, -0.15) is 0 Å². The minimum atomic E-state index is 0.578. The number of likely N-dealkylation sites (N-methyl/N-ethyl adjacent to an activating group) is 1. The number of pyridine rings is 1. The van der Waals surface area contributed by atoms with E-state index in [0.717, 1.165) is 26.1 Å². The highest BCUT2D eigenvalue weighted by Gasteiger charge is 2.09. The van der Waals surface area contributed by atoms with E-state index in [1.807, 2.05) is 29.8 Å². The molecule has 2 heterocycles. The van der Waals surface area contributed by atoms with Gasteiger partial charge in [0, 0.05) is 42.9 Å². The van der Waals surface area contributed by atoms with Gasteiger partial charge in [-0.3, -0.25) is 4.98 Å². The Morgan fingerprint density at radius 3 is 2.95 bits per heavy atom. The number of rotatable bonds is 8. The molecule has 0 saturated carbocycles. The summed E-state index contributed by atoms with van der Waals surface area (Å²) < 4.78 is 0. The van der Waals surface area contributed by atoms with Crippen molar-refractivity contribution in [1.82, 2.24) is 15.2 Å². The normalized spacial score (nSPS) is 12.8. The van der Waals surface area contributed by atoms with Crippen molar-refractivity contribution in [3.8, 4) is 0 Å². The Bertz CT molecular complexity index is 470. The quantitative estimate of drug-likeness (QED) is 0.758. The summed E-state index contributed by atoms with van der Waals surface area (Å²) in [6.45, 7) is 5.24. The van der Waals surface area contributed by atoms with Gasteiger partial charge in [0.15, 0.2) is 0 Å². The average molecular weight is 289 g/mol. The fourth-order valence-corrected chi connectivity index (χ4v) is 2.91. The van der Waals surface area contributed by atoms with Crippen LogP contribution in [-0.4, -0.2) is 36.1 Å². The topological polar surface area (TPSA) is 28.2 Å². The molecule has 20 heavy (non-hydrogen) atoms. The van der Waals surface area contributed by atoms with Crippen molar-refractivity contribution in [1.29, 1.82) is 0 Å². The smallest absolute Gasteiger partial charge is 0.0312 e. The van der Waals surface area contributed by atoms with Crippen molar-refractivity contribution in [3.63, 3.8) is 0 Å².